The fraction of sp³-hybridized carbons (Fsp3) is 0.500. The van der Waals surface area contributed by atoms with Gasteiger partial charge in [-0.05, 0) is 31.5 Å². The minimum atomic E-state index is -3.94. The van der Waals surface area contributed by atoms with Gasteiger partial charge in [0, 0.05) is 6.54 Å². The first-order valence-corrected chi connectivity index (χ1v) is 7.43. The second kappa shape index (κ2) is 4.78. The zero-order chi connectivity index (χ0) is 13.3. The molecule has 100 valence electrons. The van der Waals surface area contributed by atoms with Crippen molar-refractivity contribution in [2.75, 3.05) is 23.8 Å². The number of aryl methyl sites for hydroxylation is 1. The van der Waals surface area contributed by atoms with E-state index in [1.165, 1.54) is 0 Å². The van der Waals surface area contributed by atoms with Crippen molar-refractivity contribution in [3.8, 4) is 5.75 Å². The van der Waals surface area contributed by atoms with Crippen molar-refractivity contribution in [1.29, 1.82) is 0 Å². The molecule has 6 heteroatoms. The fourth-order valence-corrected chi connectivity index (χ4v) is 2.49. The predicted octanol–water partition coefficient (Wildman–Crippen LogP) is 1.47. The first-order valence-electron chi connectivity index (χ1n) is 5.82. The molecule has 5 nitrogen and oxygen atoms in total. The zero-order valence-electron chi connectivity index (χ0n) is 10.5. The molecule has 1 aliphatic rings. The molecule has 0 bridgehead atoms. The van der Waals surface area contributed by atoms with Crippen molar-refractivity contribution < 1.29 is 17.7 Å². The molecule has 2 rings (SSSR count). The monoisotopic (exact) mass is 271 g/mol. The highest BCUT2D eigenvalue weighted by molar-refractivity contribution is 7.85. The van der Waals surface area contributed by atoms with Gasteiger partial charge in [-0.1, -0.05) is 6.07 Å². The second-order valence-corrected chi connectivity index (χ2v) is 6.18. The van der Waals surface area contributed by atoms with E-state index in [0.29, 0.717) is 6.61 Å². The molecule has 0 aliphatic carbocycles. The molecule has 0 saturated carbocycles. The van der Waals surface area contributed by atoms with Crippen LogP contribution in [0.2, 0.25) is 0 Å². The smallest absolute Gasteiger partial charge is 0.266 e. The Morgan fingerprint density at radius 2 is 2.22 bits per heavy atom. The van der Waals surface area contributed by atoms with Crippen molar-refractivity contribution in [2.24, 2.45) is 0 Å². The Hall–Kier alpha value is -1.27. The van der Waals surface area contributed by atoms with Crippen LogP contribution in [0.4, 0.5) is 5.69 Å². The molecule has 0 amide bonds. The van der Waals surface area contributed by atoms with Crippen LogP contribution in [0.5, 0.6) is 5.75 Å². The fourth-order valence-electron chi connectivity index (χ4n) is 2.07. The van der Waals surface area contributed by atoms with Crippen LogP contribution in [0.15, 0.2) is 18.2 Å². The highest BCUT2D eigenvalue weighted by Crippen LogP contribution is 2.34. The van der Waals surface area contributed by atoms with Gasteiger partial charge in [-0.2, -0.15) is 8.42 Å². The van der Waals surface area contributed by atoms with E-state index in [1.54, 1.807) is 0 Å². The molecular weight excluding hydrogens is 254 g/mol. The van der Waals surface area contributed by atoms with Gasteiger partial charge in [-0.25, -0.2) is 0 Å². The Morgan fingerprint density at radius 1 is 1.50 bits per heavy atom. The highest BCUT2D eigenvalue weighted by atomic mass is 32.2. The summed E-state index contributed by atoms with van der Waals surface area (Å²) in [5.41, 5.74) is 1.97. The van der Waals surface area contributed by atoms with Gasteiger partial charge in [0.1, 0.15) is 12.4 Å². The van der Waals surface area contributed by atoms with E-state index in [0.717, 1.165) is 17.0 Å². The van der Waals surface area contributed by atoms with Gasteiger partial charge in [0.15, 0.2) is 0 Å². The van der Waals surface area contributed by atoms with E-state index in [1.807, 2.05) is 36.9 Å². The van der Waals surface area contributed by atoms with Crippen molar-refractivity contribution in [3.63, 3.8) is 0 Å². The number of benzene rings is 1. The second-order valence-electron chi connectivity index (χ2n) is 4.61. The van der Waals surface area contributed by atoms with Gasteiger partial charge in [0.05, 0.1) is 17.5 Å². The molecular formula is C12H17NO4S. The number of fused-ring (bicyclic) bond motifs is 1. The number of ether oxygens (including phenoxy) is 1. The maximum absolute atomic E-state index is 10.9. The maximum Gasteiger partial charge on any atom is 0.266 e. The molecule has 1 aromatic rings. The molecule has 18 heavy (non-hydrogen) atoms. The van der Waals surface area contributed by atoms with E-state index < -0.39 is 10.1 Å². The Labute approximate surface area is 107 Å². The number of anilines is 1. The molecule has 1 atom stereocenters. The van der Waals surface area contributed by atoms with E-state index in [-0.39, 0.29) is 18.3 Å². The van der Waals surface area contributed by atoms with Crippen molar-refractivity contribution in [3.05, 3.63) is 23.8 Å². The minimum absolute atomic E-state index is 0.0843. The third-order valence-electron chi connectivity index (χ3n) is 3.03. The standard InChI is InChI=1S/C12H17NO4S/c1-9-3-4-12-11(7-9)13(10(2)8-17-12)5-6-18(14,15)16/h3-4,7,10H,5-6,8H2,1-2H3,(H,14,15,16). The lowest BCUT2D eigenvalue weighted by atomic mass is 10.1. The Kier molecular flexibility index (Phi) is 3.49. The SMILES string of the molecule is Cc1ccc2c(c1)N(CCS(=O)(=O)O)C(C)CO2. The van der Waals surface area contributed by atoms with Crippen LogP contribution in [0.25, 0.3) is 0 Å². The lowest BCUT2D eigenvalue weighted by Gasteiger charge is -2.36. The molecule has 1 aliphatic heterocycles. The summed E-state index contributed by atoms with van der Waals surface area (Å²) in [4.78, 5) is 1.96. The van der Waals surface area contributed by atoms with Crippen LogP contribution in [0, 0.1) is 6.92 Å². The Morgan fingerprint density at radius 3 is 2.89 bits per heavy atom. The van der Waals surface area contributed by atoms with Crippen molar-refractivity contribution >= 4 is 15.8 Å². The molecule has 0 spiro atoms. The third-order valence-corrected chi connectivity index (χ3v) is 3.72. The summed E-state index contributed by atoms with van der Waals surface area (Å²) in [7, 11) is -3.94. The van der Waals surface area contributed by atoms with Gasteiger partial charge in [-0.3, -0.25) is 4.55 Å². The summed E-state index contributed by atoms with van der Waals surface area (Å²) in [6.07, 6.45) is 0. The summed E-state index contributed by atoms with van der Waals surface area (Å²) in [5, 5.41) is 0. The van der Waals surface area contributed by atoms with Crippen molar-refractivity contribution in [2.45, 2.75) is 19.9 Å². The van der Waals surface area contributed by atoms with E-state index in [9.17, 15) is 8.42 Å². The van der Waals surface area contributed by atoms with Gasteiger partial charge in [0.2, 0.25) is 0 Å². The van der Waals surface area contributed by atoms with Crippen LogP contribution < -0.4 is 9.64 Å². The number of hydrogen-bond acceptors (Lipinski definition) is 4. The van der Waals surface area contributed by atoms with Gasteiger partial charge >= 0.3 is 0 Å². The predicted molar refractivity (Wildman–Crippen MR) is 69.9 cm³/mol. The first kappa shape index (κ1) is 13.2. The molecule has 0 fully saturated rings. The quantitative estimate of drug-likeness (QED) is 0.843. The van der Waals surface area contributed by atoms with Crippen LogP contribution in [-0.4, -0.2) is 37.9 Å². The molecule has 1 aromatic carbocycles. The average molecular weight is 271 g/mol. The average Bonchev–Trinajstić information content (AvgIpc) is 2.26. The molecule has 0 radical (unpaired) electrons. The van der Waals surface area contributed by atoms with Crippen LogP contribution in [0.1, 0.15) is 12.5 Å². The minimum Gasteiger partial charge on any atom is -0.489 e. The van der Waals surface area contributed by atoms with Gasteiger partial charge in [0.25, 0.3) is 10.1 Å². The normalized spacial score (nSPS) is 19.3. The molecule has 1 unspecified atom stereocenters. The summed E-state index contributed by atoms with van der Waals surface area (Å²) in [5.74, 6) is 0.485. The first-order chi connectivity index (χ1) is 8.37. The molecule has 0 saturated heterocycles. The number of nitrogens with zero attached hydrogens (tertiary/aromatic N) is 1. The Balaban J connectivity index is 2.27. The lowest BCUT2D eigenvalue weighted by molar-refractivity contribution is 0.271. The van der Waals surface area contributed by atoms with E-state index in [4.69, 9.17) is 9.29 Å². The summed E-state index contributed by atoms with van der Waals surface area (Å²) < 4.78 is 36.2. The van der Waals surface area contributed by atoms with E-state index in [2.05, 4.69) is 0 Å². The van der Waals surface area contributed by atoms with Crippen LogP contribution in [0.3, 0.4) is 0 Å². The number of rotatable bonds is 3. The highest BCUT2D eigenvalue weighted by Gasteiger charge is 2.25. The Bertz CT molecular complexity index is 541. The summed E-state index contributed by atoms with van der Waals surface area (Å²) >= 11 is 0. The summed E-state index contributed by atoms with van der Waals surface area (Å²) in [6, 6.07) is 5.89. The van der Waals surface area contributed by atoms with Crippen molar-refractivity contribution in [1.82, 2.24) is 0 Å². The van der Waals surface area contributed by atoms with Crippen LogP contribution in [-0.2, 0) is 10.1 Å². The van der Waals surface area contributed by atoms with Gasteiger partial charge in [-0.15, -0.1) is 0 Å². The zero-order valence-corrected chi connectivity index (χ0v) is 11.3. The largest absolute Gasteiger partial charge is 0.489 e. The van der Waals surface area contributed by atoms with Gasteiger partial charge < -0.3 is 9.64 Å². The lowest BCUT2D eigenvalue weighted by Crippen LogP contribution is -2.43. The number of hydrogen-bond donors (Lipinski definition) is 1. The summed E-state index contributed by atoms with van der Waals surface area (Å²) in [6.45, 7) is 4.72. The van der Waals surface area contributed by atoms with Crippen LogP contribution >= 0.6 is 0 Å². The third kappa shape index (κ3) is 2.94. The topological polar surface area (TPSA) is 66.8 Å². The molecule has 1 heterocycles. The van der Waals surface area contributed by atoms with E-state index >= 15 is 0 Å². The maximum atomic E-state index is 10.9. The molecule has 1 N–H and O–H groups in total. The molecule has 0 aromatic heterocycles.